The molecule has 0 atom stereocenters. The number of hydrogen-bond donors (Lipinski definition) is 0. The smallest absolute Gasteiger partial charge is 0.528 e. The molecule has 1 saturated heterocycles. The Bertz CT molecular complexity index is 961. The van der Waals surface area contributed by atoms with Gasteiger partial charge in [0, 0.05) is 7.11 Å². The van der Waals surface area contributed by atoms with Crippen molar-refractivity contribution in [3.63, 3.8) is 0 Å². The summed E-state index contributed by atoms with van der Waals surface area (Å²) in [5.41, 5.74) is 6.40. The van der Waals surface area contributed by atoms with Crippen LogP contribution in [0.4, 0.5) is 0 Å². The second-order valence-electron chi connectivity index (χ2n) is 8.14. The quantitative estimate of drug-likeness (QED) is 0.370. The van der Waals surface area contributed by atoms with E-state index in [1.54, 1.807) is 7.11 Å². The van der Waals surface area contributed by atoms with E-state index >= 15 is 0 Å². The fourth-order valence-electron chi connectivity index (χ4n) is 5.27. The summed E-state index contributed by atoms with van der Waals surface area (Å²) in [7, 11) is 1.68. The van der Waals surface area contributed by atoms with Crippen molar-refractivity contribution < 1.29 is 28.3 Å². The Morgan fingerprint density at radius 3 is 2.10 bits per heavy atom. The fraction of sp³-hybridized carbons (Fsp3) is 0.296. The molecule has 1 fully saturated rings. The largest absolute Gasteiger partial charge is 1.00 e. The number of benzene rings is 3. The molecule has 31 heavy (non-hydrogen) atoms. The van der Waals surface area contributed by atoms with E-state index in [1.807, 2.05) is 0 Å². The zero-order valence-corrected chi connectivity index (χ0v) is 18.5. The van der Waals surface area contributed by atoms with Crippen LogP contribution in [0.1, 0.15) is 36.0 Å². The number of rotatable bonds is 5. The molecule has 1 heterocycles. The third kappa shape index (κ3) is 3.80. The molecule has 0 radical (unpaired) electrons. The molecule has 0 spiro atoms. The molecule has 1 aliphatic carbocycles. The van der Waals surface area contributed by atoms with Gasteiger partial charge in [-0.05, 0) is 40.8 Å². The Morgan fingerprint density at radius 1 is 0.839 bits per heavy atom. The standard InChI is InChI=1S/C27H28NO2.Li/c1-29-20-30-22-13-9-10-18-28(19-22)27(21-11-3-2-4-12-21)25-16-7-5-14-23(25)24-15-6-8-17-26(24)27;/h2-8,11-12,14-17H,9-10,13,18-20H2,1H3;/q-1;+1. The molecule has 0 bridgehead atoms. The Hall–Kier alpha value is -1.86. The molecule has 2 aliphatic rings. The van der Waals surface area contributed by atoms with Crippen molar-refractivity contribution in [2.75, 3.05) is 27.0 Å². The second-order valence-corrected chi connectivity index (χ2v) is 8.14. The third-order valence-electron chi connectivity index (χ3n) is 6.47. The molecular formula is C27H28LiNO2. The molecule has 0 aromatic heterocycles. The molecule has 3 aromatic carbocycles. The van der Waals surface area contributed by atoms with E-state index in [2.05, 4.69) is 83.8 Å². The zero-order chi connectivity index (χ0) is 20.4. The average molecular weight is 405 g/mol. The number of hydrogen-bond acceptors (Lipinski definition) is 3. The molecule has 1 aliphatic heterocycles. The Balaban J connectivity index is 0.00000231. The number of methoxy groups -OCH3 is 1. The number of likely N-dealkylation sites (tertiary alicyclic amines) is 1. The van der Waals surface area contributed by atoms with Gasteiger partial charge in [0.2, 0.25) is 0 Å². The summed E-state index contributed by atoms with van der Waals surface area (Å²) < 4.78 is 11.2. The van der Waals surface area contributed by atoms with Crippen molar-refractivity contribution in [2.45, 2.75) is 24.8 Å². The third-order valence-corrected chi connectivity index (χ3v) is 6.47. The van der Waals surface area contributed by atoms with Gasteiger partial charge < -0.3 is 14.4 Å². The van der Waals surface area contributed by atoms with Gasteiger partial charge in [-0.2, -0.15) is 12.5 Å². The molecule has 0 saturated carbocycles. The fourth-order valence-corrected chi connectivity index (χ4v) is 5.27. The van der Waals surface area contributed by atoms with Crippen molar-refractivity contribution in [3.05, 3.63) is 102 Å². The van der Waals surface area contributed by atoms with Crippen molar-refractivity contribution >= 4 is 0 Å². The van der Waals surface area contributed by atoms with Gasteiger partial charge in [-0.3, -0.25) is 0 Å². The van der Waals surface area contributed by atoms with Gasteiger partial charge >= 0.3 is 18.9 Å². The van der Waals surface area contributed by atoms with Crippen LogP contribution in [0.5, 0.6) is 0 Å². The number of nitrogens with zero attached hydrogens (tertiary/aromatic N) is 1. The molecule has 5 rings (SSSR count). The van der Waals surface area contributed by atoms with E-state index in [4.69, 9.17) is 9.47 Å². The first-order valence-electron chi connectivity index (χ1n) is 10.8. The Labute approximate surface area is 197 Å². The maximum atomic E-state index is 6.01. The van der Waals surface area contributed by atoms with Crippen LogP contribution >= 0.6 is 0 Å². The van der Waals surface area contributed by atoms with Crippen LogP contribution in [0.2, 0.25) is 0 Å². The summed E-state index contributed by atoms with van der Waals surface area (Å²) in [5, 5.41) is 0. The average Bonchev–Trinajstić information content (AvgIpc) is 2.92. The van der Waals surface area contributed by atoms with Gasteiger partial charge in [0.1, 0.15) is 6.79 Å². The first-order chi connectivity index (χ1) is 14.9. The Kier molecular flexibility index (Phi) is 7.01. The summed E-state index contributed by atoms with van der Waals surface area (Å²) >= 11 is 0. The van der Waals surface area contributed by atoms with Gasteiger partial charge in [0.15, 0.2) is 0 Å². The first kappa shape index (κ1) is 22.3. The van der Waals surface area contributed by atoms with Crippen molar-refractivity contribution in [2.24, 2.45) is 0 Å². The van der Waals surface area contributed by atoms with E-state index in [1.165, 1.54) is 27.8 Å². The van der Waals surface area contributed by atoms with Crippen LogP contribution in [0.15, 0.2) is 78.9 Å². The van der Waals surface area contributed by atoms with Gasteiger partial charge in [0.05, 0.1) is 5.54 Å². The first-order valence-corrected chi connectivity index (χ1v) is 10.8. The number of ether oxygens (including phenoxy) is 2. The van der Waals surface area contributed by atoms with Gasteiger partial charge in [0.25, 0.3) is 0 Å². The van der Waals surface area contributed by atoms with Crippen LogP contribution in [0.25, 0.3) is 11.1 Å². The Morgan fingerprint density at radius 2 is 1.45 bits per heavy atom. The maximum absolute atomic E-state index is 6.01. The normalized spacial score (nSPS) is 18.0. The van der Waals surface area contributed by atoms with Gasteiger partial charge in [-0.25, -0.2) is 0 Å². The minimum Gasteiger partial charge on any atom is -0.528 e. The van der Waals surface area contributed by atoms with Crippen molar-refractivity contribution in [1.29, 1.82) is 0 Å². The monoisotopic (exact) mass is 405 g/mol. The molecule has 3 nitrogen and oxygen atoms in total. The SMILES string of the molecule is COCO[C-]1CCCCN(C2(c3ccccc3)c3ccccc3-c3ccccc32)C1.[Li+]. The van der Waals surface area contributed by atoms with Gasteiger partial charge in [-0.1, -0.05) is 91.8 Å². The summed E-state index contributed by atoms with van der Waals surface area (Å²) in [6.45, 7) is 2.15. The predicted molar refractivity (Wildman–Crippen MR) is 120 cm³/mol. The van der Waals surface area contributed by atoms with Crippen LogP contribution in [0, 0.1) is 6.10 Å². The molecule has 0 unspecified atom stereocenters. The van der Waals surface area contributed by atoms with E-state index < -0.39 is 0 Å². The van der Waals surface area contributed by atoms with E-state index in [0.717, 1.165) is 38.5 Å². The molecule has 0 amide bonds. The zero-order valence-electron chi connectivity index (χ0n) is 18.5. The van der Waals surface area contributed by atoms with Crippen molar-refractivity contribution in [3.8, 4) is 11.1 Å². The van der Waals surface area contributed by atoms with Crippen LogP contribution in [-0.4, -0.2) is 31.9 Å². The predicted octanol–water partition coefficient (Wildman–Crippen LogP) is 2.60. The summed E-state index contributed by atoms with van der Waals surface area (Å²) in [6, 6.07) is 28.8. The number of fused-ring (bicyclic) bond motifs is 3. The van der Waals surface area contributed by atoms with E-state index in [9.17, 15) is 0 Å². The summed E-state index contributed by atoms with van der Waals surface area (Å²) in [5.74, 6) is 0. The van der Waals surface area contributed by atoms with E-state index in [0.29, 0.717) is 6.79 Å². The van der Waals surface area contributed by atoms with E-state index in [-0.39, 0.29) is 24.4 Å². The molecule has 4 heteroatoms. The molecule has 3 aromatic rings. The van der Waals surface area contributed by atoms with Crippen molar-refractivity contribution in [1.82, 2.24) is 4.90 Å². The molecular weight excluding hydrogens is 377 g/mol. The van der Waals surface area contributed by atoms with Crippen LogP contribution in [-0.2, 0) is 15.0 Å². The van der Waals surface area contributed by atoms with Crippen LogP contribution < -0.4 is 18.9 Å². The minimum absolute atomic E-state index is 0. The topological polar surface area (TPSA) is 21.7 Å². The maximum Gasteiger partial charge on any atom is 1.00 e. The summed E-state index contributed by atoms with van der Waals surface area (Å²) in [4.78, 5) is 2.63. The second kappa shape index (κ2) is 9.73. The molecule has 154 valence electrons. The minimum atomic E-state index is -0.319. The summed E-state index contributed by atoms with van der Waals surface area (Å²) in [6.07, 6.45) is 4.41. The van der Waals surface area contributed by atoms with Crippen LogP contribution in [0.3, 0.4) is 0 Å². The van der Waals surface area contributed by atoms with Gasteiger partial charge in [-0.15, -0.1) is 0 Å². The molecule has 0 N–H and O–H groups in total.